The second-order valence-electron chi connectivity index (χ2n) is 6.85. The Balaban J connectivity index is 2.24. The van der Waals surface area contributed by atoms with E-state index in [0.29, 0.717) is 17.5 Å². The van der Waals surface area contributed by atoms with Gasteiger partial charge in [-0.25, -0.2) is 0 Å². The molecule has 1 unspecified atom stereocenters. The molecule has 2 N–H and O–H groups in total. The summed E-state index contributed by atoms with van der Waals surface area (Å²) in [6.07, 6.45) is 3.82. The highest BCUT2D eigenvalue weighted by molar-refractivity contribution is 5.95. The topological polar surface area (TPSA) is 84.2 Å². The SMILES string of the molecule is CCC(CC)n1ncc(C(=O)NCC(CC)(C(=O)O)c2ccccc2)c1C. The monoisotopic (exact) mass is 371 g/mol. The predicted octanol–water partition coefficient (Wildman–Crippen LogP) is 3.72. The van der Waals surface area contributed by atoms with Gasteiger partial charge in [-0.1, -0.05) is 51.1 Å². The zero-order chi connectivity index (χ0) is 20.0. The highest BCUT2D eigenvalue weighted by Gasteiger charge is 2.39. The van der Waals surface area contributed by atoms with E-state index in [1.165, 1.54) is 0 Å². The molecular formula is C21H29N3O3. The van der Waals surface area contributed by atoms with Crippen molar-refractivity contribution in [1.82, 2.24) is 15.1 Å². The minimum Gasteiger partial charge on any atom is -0.481 e. The lowest BCUT2D eigenvalue weighted by Crippen LogP contribution is -2.46. The maximum atomic E-state index is 12.7. The second kappa shape index (κ2) is 8.84. The average Bonchev–Trinajstić information content (AvgIpc) is 3.06. The third kappa shape index (κ3) is 4.04. The van der Waals surface area contributed by atoms with Crippen LogP contribution in [-0.4, -0.2) is 33.3 Å². The van der Waals surface area contributed by atoms with Crippen molar-refractivity contribution in [2.24, 2.45) is 0 Å². The van der Waals surface area contributed by atoms with Crippen molar-refractivity contribution in [2.45, 2.75) is 58.4 Å². The number of carboxylic acid groups (broad SMARTS) is 1. The van der Waals surface area contributed by atoms with Crippen molar-refractivity contribution in [2.75, 3.05) is 6.54 Å². The zero-order valence-electron chi connectivity index (χ0n) is 16.5. The fraction of sp³-hybridized carbons (Fsp3) is 0.476. The Morgan fingerprint density at radius 3 is 2.33 bits per heavy atom. The third-order valence-electron chi connectivity index (χ3n) is 5.47. The van der Waals surface area contributed by atoms with E-state index in [4.69, 9.17) is 0 Å². The van der Waals surface area contributed by atoms with E-state index in [1.807, 2.05) is 36.7 Å². The van der Waals surface area contributed by atoms with Crippen LogP contribution in [0.1, 0.15) is 67.7 Å². The van der Waals surface area contributed by atoms with Crippen LogP contribution >= 0.6 is 0 Å². The Bertz CT molecular complexity index is 781. The normalized spacial score (nSPS) is 13.4. The highest BCUT2D eigenvalue weighted by atomic mass is 16.4. The molecule has 0 saturated heterocycles. The molecule has 1 aromatic heterocycles. The molecular weight excluding hydrogens is 342 g/mol. The minimum atomic E-state index is -1.16. The number of nitrogens with one attached hydrogen (secondary N) is 1. The van der Waals surface area contributed by atoms with Crippen LogP contribution in [0.25, 0.3) is 0 Å². The Hall–Kier alpha value is -2.63. The van der Waals surface area contributed by atoms with Crippen molar-refractivity contribution < 1.29 is 14.7 Å². The maximum absolute atomic E-state index is 12.7. The van der Waals surface area contributed by atoms with Crippen LogP contribution in [0.2, 0.25) is 0 Å². The molecule has 1 amide bonds. The number of hydrogen-bond acceptors (Lipinski definition) is 3. The molecule has 146 valence electrons. The largest absolute Gasteiger partial charge is 0.481 e. The first kappa shape index (κ1) is 20.7. The van der Waals surface area contributed by atoms with Gasteiger partial charge < -0.3 is 10.4 Å². The third-order valence-corrected chi connectivity index (χ3v) is 5.47. The molecule has 0 radical (unpaired) electrons. The van der Waals surface area contributed by atoms with Crippen LogP contribution in [0.15, 0.2) is 36.5 Å². The molecule has 2 rings (SSSR count). The van der Waals surface area contributed by atoms with Crippen molar-refractivity contribution in [1.29, 1.82) is 0 Å². The van der Waals surface area contributed by atoms with Gasteiger partial charge in [0, 0.05) is 12.2 Å². The van der Waals surface area contributed by atoms with E-state index < -0.39 is 11.4 Å². The molecule has 0 aliphatic carbocycles. The quantitative estimate of drug-likeness (QED) is 0.704. The Morgan fingerprint density at radius 2 is 1.81 bits per heavy atom. The summed E-state index contributed by atoms with van der Waals surface area (Å²) in [7, 11) is 0. The predicted molar refractivity (Wildman–Crippen MR) is 105 cm³/mol. The zero-order valence-corrected chi connectivity index (χ0v) is 16.5. The first-order valence-corrected chi connectivity index (χ1v) is 9.52. The number of carbonyl (C=O) groups excluding carboxylic acids is 1. The van der Waals surface area contributed by atoms with Crippen molar-refractivity contribution in [3.8, 4) is 0 Å². The second-order valence-corrected chi connectivity index (χ2v) is 6.85. The molecule has 0 bridgehead atoms. The van der Waals surface area contributed by atoms with E-state index in [9.17, 15) is 14.7 Å². The Morgan fingerprint density at radius 1 is 1.19 bits per heavy atom. The van der Waals surface area contributed by atoms with Crippen molar-refractivity contribution >= 4 is 11.9 Å². The number of hydrogen-bond donors (Lipinski definition) is 2. The number of benzene rings is 1. The number of aromatic nitrogens is 2. The molecule has 1 atom stereocenters. The molecule has 0 saturated carbocycles. The first-order chi connectivity index (χ1) is 12.9. The van der Waals surface area contributed by atoms with Gasteiger partial charge in [-0.05, 0) is 31.7 Å². The summed E-state index contributed by atoms with van der Waals surface area (Å²) < 4.78 is 1.89. The molecule has 27 heavy (non-hydrogen) atoms. The number of nitrogens with zero attached hydrogens (tertiary/aromatic N) is 2. The van der Waals surface area contributed by atoms with Gasteiger partial charge in [0.05, 0.1) is 17.8 Å². The lowest BCUT2D eigenvalue weighted by Gasteiger charge is -2.29. The molecule has 1 heterocycles. The van der Waals surface area contributed by atoms with Crippen molar-refractivity contribution in [3.05, 3.63) is 53.3 Å². The van der Waals surface area contributed by atoms with E-state index in [0.717, 1.165) is 18.5 Å². The highest BCUT2D eigenvalue weighted by Crippen LogP contribution is 2.28. The lowest BCUT2D eigenvalue weighted by atomic mass is 9.78. The minimum absolute atomic E-state index is 0.0251. The molecule has 2 aromatic rings. The number of carbonyl (C=O) groups is 2. The van der Waals surface area contributed by atoms with Crippen LogP contribution < -0.4 is 5.32 Å². The van der Waals surface area contributed by atoms with Gasteiger partial charge in [0.25, 0.3) is 5.91 Å². The number of amides is 1. The van der Waals surface area contributed by atoms with Crippen LogP contribution in [0.5, 0.6) is 0 Å². The van der Waals surface area contributed by atoms with Crippen LogP contribution in [0.4, 0.5) is 0 Å². The van der Waals surface area contributed by atoms with E-state index in [1.54, 1.807) is 18.3 Å². The van der Waals surface area contributed by atoms with Crippen LogP contribution in [0, 0.1) is 6.92 Å². The molecule has 0 aliphatic heterocycles. The average molecular weight is 371 g/mol. The van der Waals surface area contributed by atoms with Gasteiger partial charge >= 0.3 is 5.97 Å². The molecule has 6 heteroatoms. The lowest BCUT2D eigenvalue weighted by molar-refractivity contribution is -0.143. The fourth-order valence-corrected chi connectivity index (χ4v) is 3.51. The van der Waals surface area contributed by atoms with Gasteiger partial charge in [-0.3, -0.25) is 14.3 Å². The number of carboxylic acids is 1. The number of rotatable bonds is 9. The number of aliphatic carboxylic acids is 1. The summed E-state index contributed by atoms with van der Waals surface area (Å²) in [4.78, 5) is 24.8. The van der Waals surface area contributed by atoms with Crippen molar-refractivity contribution in [3.63, 3.8) is 0 Å². The molecule has 6 nitrogen and oxygen atoms in total. The molecule has 0 fully saturated rings. The first-order valence-electron chi connectivity index (χ1n) is 9.52. The Labute approximate surface area is 160 Å². The summed E-state index contributed by atoms with van der Waals surface area (Å²) in [5.41, 5.74) is 0.823. The van der Waals surface area contributed by atoms with Gasteiger partial charge in [-0.15, -0.1) is 0 Å². The van der Waals surface area contributed by atoms with Gasteiger partial charge in [0.2, 0.25) is 0 Å². The smallest absolute Gasteiger partial charge is 0.315 e. The van der Waals surface area contributed by atoms with Crippen LogP contribution in [0.3, 0.4) is 0 Å². The fourth-order valence-electron chi connectivity index (χ4n) is 3.51. The summed E-state index contributed by atoms with van der Waals surface area (Å²) in [6.45, 7) is 7.91. The van der Waals surface area contributed by atoms with Crippen LogP contribution in [-0.2, 0) is 10.2 Å². The van der Waals surface area contributed by atoms with Gasteiger partial charge in [0.1, 0.15) is 5.41 Å². The van der Waals surface area contributed by atoms with E-state index in [-0.39, 0.29) is 18.5 Å². The standard InChI is InChI=1S/C21H29N3O3/c1-5-17(6-2)24-15(4)18(13-23-24)19(25)22-14-21(7-3,20(26)27)16-11-9-8-10-12-16/h8-13,17H,5-7,14H2,1-4H3,(H,22,25)(H,26,27). The van der Waals surface area contributed by atoms with E-state index in [2.05, 4.69) is 24.3 Å². The van der Waals surface area contributed by atoms with Gasteiger partial charge in [0.15, 0.2) is 0 Å². The maximum Gasteiger partial charge on any atom is 0.315 e. The van der Waals surface area contributed by atoms with E-state index >= 15 is 0 Å². The summed E-state index contributed by atoms with van der Waals surface area (Å²) in [6, 6.07) is 9.31. The molecule has 1 aromatic carbocycles. The molecule has 0 aliphatic rings. The summed E-state index contributed by atoms with van der Waals surface area (Å²) in [5, 5.41) is 17.1. The van der Waals surface area contributed by atoms with Gasteiger partial charge in [-0.2, -0.15) is 5.10 Å². The summed E-state index contributed by atoms with van der Waals surface area (Å²) in [5.74, 6) is -1.24. The Kier molecular flexibility index (Phi) is 6.77. The summed E-state index contributed by atoms with van der Waals surface area (Å²) >= 11 is 0. The molecule has 0 spiro atoms.